The van der Waals surface area contributed by atoms with Crippen LogP contribution in [0.2, 0.25) is 0 Å². The van der Waals surface area contributed by atoms with E-state index in [9.17, 15) is 14.0 Å². The molecule has 3 N–H and O–H groups in total. The third-order valence-corrected chi connectivity index (χ3v) is 2.97. The lowest BCUT2D eigenvalue weighted by molar-refractivity contribution is -0.121. The van der Waals surface area contributed by atoms with Gasteiger partial charge in [-0.25, -0.2) is 9.82 Å². The first-order chi connectivity index (χ1) is 10.1. The molecule has 0 atom stereocenters. The first-order valence-corrected chi connectivity index (χ1v) is 6.40. The summed E-state index contributed by atoms with van der Waals surface area (Å²) in [7, 11) is 0. The number of carbonyl (C=O) groups excluding carboxylic acids is 1. The Balaban J connectivity index is 1.82. The van der Waals surface area contributed by atoms with Crippen molar-refractivity contribution >= 4 is 12.1 Å². The molecule has 1 aromatic heterocycles. The van der Waals surface area contributed by atoms with Gasteiger partial charge >= 0.3 is 0 Å². The van der Waals surface area contributed by atoms with E-state index in [2.05, 4.69) is 20.7 Å². The van der Waals surface area contributed by atoms with Crippen molar-refractivity contribution in [2.45, 2.75) is 19.8 Å². The summed E-state index contributed by atoms with van der Waals surface area (Å²) < 4.78 is 12.7. The minimum absolute atomic E-state index is 0.155. The van der Waals surface area contributed by atoms with Crippen LogP contribution in [0.1, 0.15) is 23.2 Å². The lowest BCUT2D eigenvalue weighted by Crippen LogP contribution is -2.19. The zero-order valence-electron chi connectivity index (χ0n) is 11.4. The molecule has 0 bridgehead atoms. The lowest BCUT2D eigenvalue weighted by atomic mass is 10.1. The molecule has 1 heterocycles. The minimum atomic E-state index is -0.330. The highest BCUT2D eigenvalue weighted by molar-refractivity contribution is 5.82. The van der Waals surface area contributed by atoms with Crippen LogP contribution in [-0.2, 0) is 11.2 Å². The molecule has 0 aliphatic rings. The van der Waals surface area contributed by atoms with Crippen molar-refractivity contribution in [3.63, 3.8) is 0 Å². The van der Waals surface area contributed by atoms with Crippen molar-refractivity contribution in [3.05, 3.63) is 57.3 Å². The largest absolute Gasteiger partial charge is 0.302 e. The zero-order chi connectivity index (χ0) is 15.2. The molecule has 0 fully saturated rings. The van der Waals surface area contributed by atoms with E-state index in [0.29, 0.717) is 17.5 Å². The number of hydrogen-bond acceptors (Lipinski definition) is 3. The second-order valence-electron chi connectivity index (χ2n) is 4.53. The Hall–Kier alpha value is -2.70. The van der Waals surface area contributed by atoms with Crippen LogP contribution in [0.5, 0.6) is 0 Å². The van der Waals surface area contributed by atoms with Crippen LogP contribution in [0.25, 0.3) is 0 Å². The van der Waals surface area contributed by atoms with E-state index in [1.807, 2.05) is 0 Å². The quantitative estimate of drug-likeness (QED) is 0.571. The van der Waals surface area contributed by atoms with Gasteiger partial charge in [0.1, 0.15) is 5.82 Å². The van der Waals surface area contributed by atoms with Crippen molar-refractivity contribution in [2.24, 2.45) is 5.10 Å². The van der Waals surface area contributed by atoms with E-state index < -0.39 is 0 Å². The zero-order valence-corrected chi connectivity index (χ0v) is 11.4. The maximum atomic E-state index is 12.7. The summed E-state index contributed by atoms with van der Waals surface area (Å²) in [5.41, 5.74) is 4.11. The Morgan fingerprint density at radius 3 is 2.67 bits per heavy atom. The molecule has 0 spiro atoms. The molecule has 7 heteroatoms. The third kappa shape index (κ3) is 4.13. The van der Waals surface area contributed by atoms with Gasteiger partial charge in [0.15, 0.2) is 0 Å². The summed E-state index contributed by atoms with van der Waals surface area (Å²) in [5.74, 6) is -0.628. The van der Waals surface area contributed by atoms with Crippen LogP contribution < -0.4 is 11.0 Å². The molecular formula is C14H15FN4O2. The van der Waals surface area contributed by atoms with Gasteiger partial charge < -0.3 is 5.10 Å². The Morgan fingerprint density at radius 2 is 2.05 bits per heavy atom. The third-order valence-electron chi connectivity index (χ3n) is 2.97. The summed E-state index contributed by atoms with van der Waals surface area (Å²) in [6.45, 7) is 1.76. The normalized spacial score (nSPS) is 11.0. The van der Waals surface area contributed by atoms with Crippen molar-refractivity contribution in [3.8, 4) is 0 Å². The van der Waals surface area contributed by atoms with Gasteiger partial charge in [-0.05, 0) is 31.0 Å². The highest BCUT2D eigenvalue weighted by Gasteiger charge is 2.08. The first-order valence-electron chi connectivity index (χ1n) is 6.40. The molecule has 6 nitrogen and oxygen atoms in total. The van der Waals surface area contributed by atoms with E-state index in [1.54, 1.807) is 19.1 Å². The smallest absolute Gasteiger partial charge is 0.267 e. The fraction of sp³-hybridized carbons (Fsp3) is 0.214. The summed E-state index contributed by atoms with van der Waals surface area (Å²) in [4.78, 5) is 23.0. The van der Waals surface area contributed by atoms with Gasteiger partial charge in [-0.15, -0.1) is 0 Å². The van der Waals surface area contributed by atoms with Crippen molar-refractivity contribution < 1.29 is 9.18 Å². The van der Waals surface area contributed by atoms with Gasteiger partial charge in [-0.3, -0.25) is 14.7 Å². The fourth-order valence-electron chi connectivity index (χ4n) is 1.79. The summed E-state index contributed by atoms with van der Waals surface area (Å²) in [5, 5.41) is 8.93. The average molecular weight is 290 g/mol. The Morgan fingerprint density at radius 1 is 1.33 bits per heavy atom. The second kappa shape index (κ2) is 6.65. The Kier molecular flexibility index (Phi) is 4.65. The number of H-pyrrole nitrogens is 2. The number of benzene rings is 1. The van der Waals surface area contributed by atoms with Crippen LogP contribution in [0, 0.1) is 12.7 Å². The summed E-state index contributed by atoms with van der Waals surface area (Å²) >= 11 is 0. The second-order valence-corrected chi connectivity index (χ2v) is 4.53. The predicted octanol–water partition coefficient (Wildman–Crippen LogP) is 1.23. The maximum absolute atomic E-state index is 12.7. The lowest BCUT2D eigenvalue weighted by Gasteiger charge is -1.99. The molecule has 2 rings (SSSR count). The van der Waals surface area contributed by atoms with Gasteiger partial charge in [0.05, 0.1) is 6.21 Å². The van der Waals surface area contributed by atoms with E-state index in [1.165, 1.54) is 18.3 Å². The van der Waals surface area contributed by atoms with E-state index in [0.717, 1.165) is 5.69 Å². The molecule has 2 aromatic rings. The van der Waals surface area contributed by atoms with Crippen molar-refractivity contribution in [1.82, 2.24) is 15.6 Å². The summed E-state index contributed by atoms with van der Waals surface area (Å²) in [6.07, 6.45) is 1.91. The van der Waals surface area contributed by atoms with Crippen LogP contribution in [-0.4, -0.2) is 22.3 Å². The number of aromatic amines is 2. The SMILES string of the molecule is Cc1[nH][nH]c(=O)c1CCC(=O)NN=Cc1ccc(F)cc1. The molecule has 0 saturated heterocycles. The number of aromatic nitrogens is 2. The van der Waals surface area contributed by atoms with E-state index in [-0.39, 0.29) is 23.7 Å². The molecule has 1 amide bonds. The first kappa shape index (κ1) is 14.7. The number of nitrogens with one attached hydrogen (secondary N) is 3. The summed E-state index contributed by atoms with van der Waals surface area (Å²) in [6, 6.07) is 5.72. The van der Waals surface area contributed by atoms with Crippen LogP contribution in [0.15, 0.2) is 34.2 Å². The van der Waals surface area contributed by atoms with Gasteiger partial charge in [-0.1, -0.05) is 12.1 Å². The van der Waals surface area contributed by atoms with E-state index in [4.69, 9.17) is 0 Å². The predicted molar refractivity (Wildman–Crippen MR) is 76.6 cm³/mol. The number of carbonyl (C=O) groups is 1. The molecule has 21 heavy (non-hydrogen) atoms. The highest BCUT2D eigenvalue weighted by atomic mass is 19.1. The number of rotatable bonds is 5. The number of nitrogens with zero attached hydrogens (tertiary/aromatic N) is 1. The van der Waals surface area contributed by atoms with Gasteiger partial charge in [0.2, 0.25) is 5.91 Å². The number of hydrazone groups is 1. The van der Waals surface area contributed by atoms with E-state index >= 15 is 0 Å². The van der Waals surface area contributed by atoms with Gasteiger partial charge in [0.25, 0.3) is 5.56 Å². The Bertz CT molecular complexity index is 701. The number of aryl methyl sites for hydroxylation is 1. The molecule has 1 aromatic carbocycles. The van der Waals surface area contributed by atoms with Gasteiger partial charge in [-0.2, -0.15) is 5.10 Å². The van der Waals surface area contributed by atoms with Crippen molar-refractivity contribution in [1.29, 1.82) is 0 Å². The van der Waals surface area contributed by atoms with Gasteiger partial charge in [0, 0.05) is 17.7 Å². The molecule has 0 radical (unpaired) electrons. The molecule has 0 unspecified atom stereocenters. The topological polar surface area (TPSA) is 90.1 Å². The van der Waals surface area contributed by atoms with Crippen LogP contribution >= 0.6 is 0 Å². The number of halogens is 1. The fourth-order valence-corrected chi connectivity index (χ4v) is 1.79. The molecule has 0 aliphatic carbocycles. The van der Waals surface area contributed by atoms with Crippen LogP contribution in [0.4, 0.5) is 4.39 Å². The maximum Gasteiger partial charge on any atom is 0.267 e. The number of hydrogen-bond donors (Lipinski definition) is 3. The molecule has 0 aliphatic heterocycles. The molecule has 110 valence electrons. The monoisotopic (exact) mass is 290 g/mol. The highest BCUT2D eigenvalue weighted by Crippen LogP contribution is 2.01. The average Bonchev–Trinajstić information content (AvgIpc) is 2.78. The van der Waals surface area contributed by atoms with Crippen LogP contribution in [0.3, 0.4) is 0 Å². The standard InChI is InChI=1S/C14H15FN4O2/c1-9-12(14(21)19-17-9)6-7-13(20)18-16-8-10-2-4-11(15)5-3-10/h2-5,8H,6-7H2,1H3,(H,18,20)(H2,17,19,21). The van der Waals surface area contributed by atoms with Crippen molar-refractivity contribution in [2.75, 3.05) is 0 Å². The number of amides is 1. The molecule has 0 saturated carbocycles. The Labute approximate surface area is 120 Å². The minimum Gasteiger partial charge on any atom is -0.302 e. The molecular weight excluding hydrogens is 275 g/mol.